The highest BCUT2D eigenvalue weighted by Gasteiger charge is 2.24. The Hall–Kier alpha value is -5.74. The summed E-state index contributed by atoms with van der Waals surface area (Å²) in [6.07, 6.45) is 0. The number of aromatic nitrogens is 1. The van der Waals surface area contributed by atoms with Crippen LogP contribution in [0.5, 0.6) is 0 Å². The molecule has 3 heteroatoms. The highest BCUT2D eigenvalue weighted by Crippen LogP contribution is 2.52. The SMILES string of the molecule is c1ccc(-c2ccc3c(c2)Sc2cccc(-c4cccc5c6ccccc6n(-c6ccccc6)c45)c2-c2ccccc2Sc2ccccc2-3)cc1. The highest BCUT2D eigenvalue weighted by molar-refractivity contribution is 8.00. The number of rotatable bonds is 3. The van der Waals surface area contributed by atoms with Crippen LogP contribution in [0.3, 0.4) is 0 Å². The molecule has 1 aromatic heterocycles. The first-order valence-corrected chi connectivity index (χ1v) is 18.9. The van der Waals surface area contributed by atoms with Gasteiger partial charge in [0, 0.05) is 47.2 Å². The van der Waals surface area contributed by atoms with Gasteiger partial charge in [0.15, 0.2) is 0 Å². The molecule has 0 amide bonds. The standard InChI is InChI=1S/C48H31NS2/c1-3-15-32(16-4-1)33-29-30-37-36-20-8-11-26-43(36)50-44-27-12-9-21-41(44)47-38(22-14-28-45(47)51-46(37)31-33)40-24-13-23-39-35-19-7-10-25-42(35)49(48(39)40)34-17-5-2-6-18-34/h1-31H. The summed E-state index contributed by atoms with van der Waals surface area (Å²) in [6, 6.07) is 68.8. The van der Waals surface area contributed by atoms with Gasteiger partial charge in [0.1, 0.15) is 0 Å². The van der Waals surface area contributed by atoms with Crippen LogP contribution < -0.4 is 0 Å². The lowest BCUT2D eigenvalue weighted by atomic mass is 9.93. The van der Waals surface area contributed by atoms with Crippen molar-refractivity contribution in [2.24, 2.45) is 0 Å². The lowest BCUT2D eigenvalue weighted by Crippen LogP contribution is -1.98. The maximum Gasteiger partial charge on any atom is 0.0619 e. The normalized spacial score (nSPS) is 12.2. The Morgan fingerprint density at radius 2 is 0.902 bits per heavy atom. The van der Waals surface area contributed by atoms with Gasteiger partial charge in [-0.05, 0) is 75.8 Å². The fourth-order valence-corrected chi connectivity index (χ4v) is 9.89. The van der Waals surface area contributed by atoms with Crippen molar-refractivity contribution in [2.45, 2.75) is 19.6 Å². The molecule has 0 saturated heterocycles. The molecule has 0 atom stereocenters. The van der Waals surface area contributed by atoms with E-state index in [9.17, 15) is 0 Å². The van der Waals surface area contributed by atoms with Crippen molar-refractivity contribution < 1.29 is 0 Å². The summed E-state index contributed by atoms with van der Waals surface area (Å²) in [7, 11) is 0. The number of fused-ring (bicyclic) bond motifs is 9. The van der Waals surface area contributed by atoms with Crippen molar-refractivity contribution in [1.82, 2.24) is 4.57 Å². The van der Waals surface area contributed by atoms with E-state index in [0.29, 0.717) is 0 Å². The van der Waals surface area contributed by atoms with Crippen LogP contribution in [-0.4, -0.2) is 4.57 Å². The van der Waals surface area contributed by atoms with Gasteiger partial charge in [0.05, 0.1) is 11.0 Å². The fourth-order valence-electron chi connectivity index (χ4n) is 7.62. The van der Waals surface area contributed by atoms with Crippen LogP contribution >= 0.6 is 23.5 Å². The van der Waals surface area contributed by atoms with Crippen LogP contribution in [0.4, 0.5) is 0 Å². The first-order valence-electron chi connectivity index (χ1n) is 17.3. The van der Waals surface area contributed by atoms with Crippen molar-refractivity contribution >= 4 is 45.3 Å². The first kappa shape index (κ1) is 30.1. The lowest BCUT2D eigenvalue weighted by molar-refractivity contribution is 1.18. The number of benzene rings is 8. The Bertz CT molecular complexity index is 2740. The summed E-state index contributed by atoms with van der Waals surface area (Å²) in [4.78, 5) is 5.00. The van der Waals surface area contributed by atoms with Gasteiger partial charge in [-0.15, -0.1) is 0 Å². The molecule has 51 heavy (non-hydrogen) atoms. The van der Waals surface area contributed by atoms with E-state index in [1.165, 1.54) is 85.9 Å². The molecule has 0 fully saturated rings. The van der Waals surface area contributed by atoms with E-state index in [1.807, 2.05) is 23.5 Å². The zero-order valence-corrected chi connectivity index (χ0v) is 29.3. The predicted molar refractivity (Wildman–Crippen MR) is 217 cm³/mol. The van der Waals surface area contributed by atoms with Gasteiger partial charge in [0.25, 0.3) is 0 Å². The Morgan fingerprint density at radius 1 is 0.333 bits per heavy atom. The average molecular weight is 686 g/mol. The molecule has 8 aromatic carbocycles. The zero-order valence-electron chi connectivity index (χ0n) is 27.7. The van der Waals surface area contributed by atoms with Crippen LogP contribution in [0.25, 0.3) is 72.0 Å². The summed E-state index contributed by atoms with van der Waals surface area (Å²) in [5.41, 5.74) is 13.5. The largest absolute Gasteiger partial charge is 0.309 e. The van der Waals surface area contributed by atoms with Gasteiger partial charge >= 0.3 is 0 Å². The molecule has 0 saturated carbocycles. The van der Waals surface area contributed by atoms with E-state index in [1.54, 1.807) is 0 Å². The first-order chi connectivity index (χ1) is 25.3. The van der Waals surface area contributed by atoms with E-state index in [-0.39, 0.29) is 0 Å². The highest BCUT2D eigenvalue weighted by atomic mass is 32.2. The Labute approximate surface area is 306 Å². The van der Waals surface area contributed by atoms with E-state index < -0.39 is 0 Å². The predicted octanol–water partition coefficient (Wildman–Crippen LogP) is 14.1. The topological polar surface area (TPSA) is 4.93 Å². The van der Waals surface area contributed by atoms with Crippen molar-refractivity contribution in [2.75, 3.05) is 0 Å². The van der Waals surface area contributed by atoms with Gasteiger partial charge in [-0.2, -0.15) is 0 Å². The summed E-state index contributed by atoms with van der Waals surface area (Å²) in [5.74, 6) is 0. The van der Waals surface area contributed by atoms with Gasteiger partial charge in [-0.25, -0.2) is 0 Å². The van der Waals surface area contributed by atoms with Crippen LogP contribution in [0.2, 0.25) is 0 Å². The number of para-hydroxylation sites is 3. The molecule has 2 heterocycles. The maximum absolute atomic E-state index is 2.45. The van der Waals surface area contributed by atoms with Crippen molar-refractivity contribution in [1.29, 1.82) is 0 Å². The molecule has 0 unspecified atom stereocenters. The van der Waals surface area contributed by atoms with Crippen molar-refractivity contribution in [3.8, 4) is 50.2 Å². The third-order valence-electron chi connectivity index (χ3n) is 9.89. The molecule has 0 radical (unpaired) electrons. The second-order valence-corrected chi connectivity index (χ2v) is 15.0. The minimum Gasteiger partial charge on any atom is -0.309 e. The van der Waals surface area contributed by atoms with Crippen LogP contribution in [0.1, 0.15) is 0 Å². The van der Waals surface area contributed by atoms with E-state index in [4.69, 9.17) is 0 Å². The molecule has 0 aliphatic carbocycles. The molecule has 1 nitrogen and oxygen atoms in total. The Kier molecular flexibility index (Phi) is 7.41. The number of hydrogen-bond donors (Lipinski definition) is 0. The van der Waals surface area contributed by atoms with E-state index in [2.05, 4.69) is 193 Å². The minimum atomic E-state index is 1.16. The molecular weight excluding hydrogens is 655 g/mol. The third-order valence-corrected chi connectivity index (χ3v) is 12.2. The fraction of sp³-hybridized carbons (Fsp3) is 0. The molecule has 1 aliphatic rings. The molecule has 240 valence electrons. The molecule has 9 aromatic rings. The van der Waals surface area contributed by atoms with Crippen molar-refractivity contribution in [3.05, 3.63) is 188 Å². The second-order valence-electron chi connectivity index (χ2n) is 12.8. The number of nitrogens with zero attached hydrogens (tertiary/aromatic N) is 1. The quantitative estimate of drug-likeness (QED) is 0.182. The van der Waals surface area contributed by atoms with Crippen LogP contribution in [-0.2, 0) is 0 Å². The maximum atomic E-state index is 2.45. The Balaban J connectivity index is 1.28. The summed E-state index contributed by atoms with van der Waals surface area (Å²) in [6.45, 7) is 0. The summed E-state index contributed by atoms with van der Waals surface area (Å²) in [5, 5.41) is 2.51. The smallest absolute Gasteiger partial charge is 0.0619 e. The van der Waals surface area contributed by atoms with E-state index in [0.717, 1.165) is 5.69 Å². The molecule has 0 spiro atoms. The van der Waals surface area contributed by atoms with Gasteiger partial charge < -0.3 is 4.57 Å². The summed E-state index contributed by atoms with van der Waals surface area (Å²) < 4.78 is 2.45. The zero-order chi connectivity index (χ0) is 33.7. The molecular formula is C48H31NS2. The van der Waals surface area contributed by atoms with Crippen LogP contribution in [0.15, 0.2) is 208 Å². The third kappa shape index (κ3) is 5.12. The molecule has 0 N–H and O–H groups in total. The minimum absolute atomic E-state index is 1.16. The lowest BCUT2D eigenvalue weighted by Gasteiger charge is -2.23. The average Bonchev–Trinajstić information content (AvgIpc) is 3.54. The number of hydrogen-bond acceptors (Lipinski definition) is 2. The van der Waals surface area contributed by atoms with Crippen molar-refractivity contribution in [3.63, 3.8) is 0 Å². The van der Waals surface area contributed by atoms with Gasteiger partial charge in [0.2, 0.25) is 0 Å². The second kappa shape index (κ2) is 12.5. The van der Waals surface area contributed by atoms with E-state index >= 15 is 0 Å². The van der Waals surface area contributed by atoms with Crippen LogP contribution in [0, 0.1) is 0 Å². The van der Waals surface area contributed by atoms with Gasteiger partial charge in [-0.3, -0.25) is 0 Å². The Morgan fingerprint density at radius 3 is 1.75 bits per heavy atom. The molecule has 10 rings (SSSR count). The summed E-state index contributed by atoms with van der Waals surface area (Å²) >= 11 is 3.74. The monoisotopic (exact) mass is 685 g/mol. The van der Waals surface area contributed by atoms with Gasteiger partial charge in [-0.1, -0.05) is 169 Å². The molecule has 0 bridgehead atoms. The molecule has 1 aliphatic heterocycles.